The number of aromatic nitrogens is 2. The predicted octanol–water partition coefficient (Wildman–Crippen LogP) is 2.88. The van der Waals surface area contributed by atoms with Crippen LogP contribution in [0.2, 0.25) is 0 Å². The van der Waals surface area contributed by atoms with Gasteiger partial charge < -0.3 is 14.6 Å². The molecule has 0 radical (unpaired) electrons. The largest absolute Gasteiger partial charge is 0.483 e. The Morgan fingerprint density at radius 3 is 2.80 bits per heavy atom. The van der Waals surface area contributed by atoms with Gasteiger partial charge in [0, 0.05) is 18.0 Å². The van der Waals surface area contributed by atoms with Gasteiger partial charge in [-0.15, -0.1) is 0 Å². The smallest absolute Gasteiger partial charge is 0.264 e. The Morgan fingerprint density at radius 2 is 2.10 bits per heavy atom. The van der Waals surface area contributed by atoms with Crippen LogP contribution in [0.5, 0.6) is 5.75 Å². The van der Waals surface area contributed by atoms with Gasteiger partial charge in [0.2, 0.25) is 0 Å². The summed E-state index contributed by atoms with van der Waals surface area (Å²) < 4.78 is 10.9. The first-order valence-corrected chi connectivity index (χ1v) is 7.01. The molecule has 1 aromatic heterocycles. The maximum absolute atomic E-state index is 5.81. The summed E-state index contributed by atoms with van der Waals surface area (Å²) in [7, 11) is 0. The van der Waals surface area contributed by atoms with Gasteiger partial charge in [-0.05, 0) is 19.5 Å². The fraction of sp³-hybridized carbons (Fsp3) is 0.467. The number of aryl methyl sites for hydroxylation is 1. The van der Waals surface area contributed by atoms with E-state index in [9.17, 15) is 0 Å². The lowest BCUT2D eigenvalue weighted by molar-refractivity contribution is 0.239. The van der Waals surface area contributed by atoms with E-state index in [1.165, 1.54) is 0 Å². The molecule has 0 saturated carbocycles. The van der Waals surface area contributed by atoms with Gasteiger partial charge in [-0.25, -0.2) is 0 Å². The van der Waals surface area contributed by atoms with Crippen molar-refractivity contribution in [1.29, 1.82) is 0 Å². The second kappa shape index (κ2) is 7.05. The number of benzene rings is 1. The van der Waals surface area contributed by atoms with Gasteiger partial charge in [0.05, 0.1) is 0 Å². The number of nitrogens with one attached hydrogen (secondary N) is 1. The Balaban J connectivity index is 2.05. The topological polar surface area (TPSA) is 60.2 Å². The van der Waals surface area contributed by atoms with Crippen LogP contribution in [0.1, 0.15) is 44.1 Å². The second-order valence-corrected chi connectivity index (χ2v) is 4.56. The first kappa shape index (κ1) is 14.5. The molecule has 1 N–H and O–H groups in total. The third kappa shape index (κ3) is 3.57. The van der Waals surface area contributed by atoms with E-state index in [0.717, 1.165) is 24.3 Å². The number of para-hydroxylation sites is 1. The van der Waals surface area contributed by atoms with Crippen LogP contribution in [0, 0.1) is 0 Å². The van der Waals surface area contributed by atoms with E-state index < -0.39 is 0 Å². The molecule has 2 aromatic rings. The Labute approximate surface area is 119 Å². The molecule has 108 valence electrons. The number of hydrogen-bond donors (Lipinski definition) is 1. The van der Waals surface area contributed by atoms with Gasteiger partial charge in [-0.2, -0.15) is 4.98 Å². The molecular weight excluding hydrogens is 254 g/mol. The van der Waals surface area contributed by atoms with Gasteiger partial charge >= 0.3 is 0 Å². The zero-order chi connectivity index (χ0) is 14.4. The molecule has 0 aliphatic rings. The molecule has 5 heteroatoms. The quantitative estimate of drug-likeness (QED) is 0.842. The third-order valence-corrected chi connectivity index (χ3v) is 3.07. The molecule has 1 atom stereocenters. The van der Waals surface area contributed by atoms with Crippen LogP contribution in [-0.4, -0.2) is 16.7 Å². The fourth-order valence-corrected chi connectivity index (χ4v) is 2.02. The highest BCUT2D eigenvalue weighted by Gasteiger charge is 2.11. The van der Waals surface area contributed by atoms with Crippen LogP contribution in [-0.2, 0) is 13.0 Å². The van der Waals surface area contributed by atoms with Crippen molar-refractivity contribution in [3.05, 3.63) is 41.5 Å². The number of nitrogens with zero attached hydrogens (tertiary/aromatic N) is 2. The summed E-state index contributed by atoms with van der Waals surface area (Å²) in [5.41, 5.74) is 1.13. The van der Waals surface area contributed by atoms with E-state index in [1.807, 2.05) is 25.1 Å². The van der Waals surface area contributed by atoms with Gasteiger partial charge in [0.15, 0.2) is 12.4 Å². The highest BCUT2D eigenvalue weighted by atomic mass is 16.5. The minimum atomic E-state index is 0.241. The first-order chi connectivity index (χ1) is 9.74. The zero-order valence-electron chi connectivity index (χ0n) is 12.2. The molecule has 0 saturated heterocycles. The number of rotatable bonds is 7. The number of ether oxygens (including phenoxy) is 1. The second-order valence-electron chi connectivity index (χ2n) is 4.56. The van der Waals surface area contributed by atoms with Crippen molar-refractivity contribution in [2.24, 2.45) is 0 Å². The maximum Gasteiger partial charge on any atom is 0.264 e. The highest BCUT2D eigenvalue weighted by Crippen LogP contribution is 2.25. The Kier molecular flexibility index (Phi) is 5.12. The van der Waals surface area contributed by atoms with Crippen LogP contribution in [0.15, 0.2) is 28.8 Å². The van der Waals surface area contributed by atoms with E-state index in [-0.39, 0.29) is 6.04 Å². The minimum absolute atomic E-state index is 0.241. The molecule has 1 aromatic carbocycles. The van der Waals surface area contributed by atoms with Crippen LogP contribution in [0.3, 0.4) is 0 Å². The van der Waals surface area contributed by atoms with E-state index in [1.54, 1.807) is 0 Å². The molecular formula is C15H21N3O2. The molecule has 0 aliphatic carbocycles. The summed E-state index contributed by atoms with van der Waals surface area (Å²) in [6, 6.07) is 8.24. The molecule has 5 nitrogen and oxygen atoms in total. The fourth-order valence-electron chi connectivity index (χ4n) is 2.02. The zero-order valence-corrected chi connectivity index (χ0v) is 12.2. The van der Waals surface area contributed by atoms with Crippen LogP contribution in [0.4, 0.5) is 0 Å². The summed E-state index contributed by atoms with van der Waals surface area (Å²) in [6.07, 6.45) is 0.761. The lowest BCUT2D eigenvalue weighted by atomic mass is 10.1. The lowest BCUT2D eigenvalue weighted by Gasteiger charge is -2.16. The molecule has 0 aliphatic heterocycles. The normalized spacial score (nSPS) is 12.3. The summed E-state index contributed by atoms with van der Waals surface area (Å²) in [6.45, 7) is 7.41. The van der Waals surface area contributed by atoms with Gasteiger partial charge in [-0.1, -0.05) is 37.2 Å². The van der Waals surface area contributed by atoms with Crippen molar-refractivity contribution >= 4 is 0 Å². The summed E-state index contributed by atoms with van der Waals surface area (Å²) in [4.78, 5) is 4.24. The highest BCUT2D eigenvalue weighted by molar-refractivity contribution is 5.35. The Hall–Kier alpha value is -1.88. The van der Waals surface area contributed by atoms with Crippen molar-refractivity contribution in [1.82, 2.24) is 15.5 Å². The molecule has 1 unspecified atom stereocenters. The van der Waals surface area contributed by atoms with Crippen molar-refractivity contribution < 1.29 is 9.26 Å². The van der Waals surface area contributed by atoms with Crippen LogP contribution < -0.4 is 10.1 Å². The van der Waals surface area contributed by atoms with Gasteiger partial charge in [0.25, 0.3) is 5.89 Å². The molecule has 0 spiro atoms. The SMILES string of the molecule is CCNC(C)c1ccccc1OCc1nc(CC)no1. The summed E-state index contributed by atoms with van der Waals surface area (Å²) >= 11 is 0. The van der Waals surface area contributed by atoms with E-state index in [0.29, 0.717) is 18.3 Å². The monoisotopic (exact) mass is 275 g/mol. The molecule has 0 amide bonds. The number of hydrogen-bond acceptors (Lipinski definition) is 5. The van der Waals surface area contributed by atoms with Crippen LogP contribution in [0.25, 0.3) is 0 Å². The van der Waals surface area contributed by atoms with Crippen molar-refractivity contribution in [2.45, 2.75) is 39.8 Å². The first-order valence-electron chi connectivity index (χ1n) is 7.01. The summed E-state index contributed by atoms with van der Waals surface area (Å²) in [5.74, 6) is 2.06. The molecule has 1 heterocycles. The van der Waals surface area contributed by atoms with E-state index in [4.69, 9.17) is 9.26 Å². The molecule has 0 fully saturated rings. The maximum atomic E-state index is 5.81. The minimum Gasteiger partial charge on any atom is -0.483 e. The lowest BCUT2D eigenvalue weighted by Crippen LogP contribution is -2.18. The van der Waals surface area contributed by atoms with E-state index in [2.05, 4.69) is 35.4 Å². The van der Waals surface area contributed by atoms with Gasteiger partial charge in [-0.3, -0.25) is 0 Å². The third-order valence-electron chi connectivity index (χ3n) is 3.07. The average Bonchev–Trinajstić information content (AvgIpc) is 2.93. The van der Waals surface area contributed by atoms with Crippen molar-refractivity contribution in [3.8, 4) is 5.75 Å². The standard InChI is InChI=1S/C15H21N3O2/c1-4-14-17-15(20-18-14)10-19-13-9-7-6-8-12(13)11(3)16-5-2/h6-9,11,16H,4-5,10H2,1-3H3. The Morgan fingerprint density at radius 1 is 1.30 bits per heavy atom. The molecule has 0 bridgehead atoms. The van der Waals surface area contributed by atoms with Crippen molar-refractivity contribution in [2.75, 3.05) is 6.54 Å². The summed E-state index contributed by atoms with van der Waals surface area (Å²) in [5, 5.41) is 7.24. The molecule has 20 heavy (non-hydrogen) atoms. The van der Waals surface area contributed by atoms with Crippen molar-refractivity contribution in [3.63, 3.8) is 0 Å². The van der Waals surface area contributed by atoms with Crippen LogP contribution >= 0.6 is 0 Å². The average molecular weight is 275 g/mol. The Bertz CT molecular complexity index is 539. The molecule has 2 rings (SSSR count). The van der Waals surface area contributed by atoms with Gasteiger partial charge in [0.1, 0.15) is 5.75 Å². The van der Waals surface area contributed by atoms with E-state index >= 15 is 0 Å². The predicted molar refractivity (Wildman–Crippen MR) is 76.5 cm³/mol.